The summed E-state index contributed by atoms with van der Waals surface area (Å²) >= 11 is 0. The number of alkyl halides is 2. The summed E-state index contributed by atoms with van der Waals surface area (Å²) in [4.78, 5) is 13.5. The van der Waals surface area contributed by atoms with E-state index in [1.54, 1.807) is 17.9 Å². The van der Waals surface area contributed by atoms with E-state index in [4.69, 9.17) is 4.98 Å². The third-order valence-corrected chi connectivity index (χ3v) is 6.25. The van der Waals surface area contributed by atoms with Crippen molar-refractivity contribution in [2.75, 3.05) is 11.9 Å². The summed E-state index contributed by atoms with van der Waals surface area (Å²) < 4.78 is 30.7. The Bertz CT molecular complexity index is 1210. The fraction of sp³-hybridized carbons (Fsp3) is 0.435. The summed E-state index contributed by atoms with van der Waals surface area (Å²) in [7, 11) is 1.80. The van der Waals surface area contributed by atoms with Gasteiger partial charge in [-0.15, -0.1) is 5.10 Å². The number of pyridine rings is 1. The number of hydrogen-bond acceptors (Lipinski definition) is 7. The maximum absolute atomic E-state index is 14.5. The van der Waals surface area contributed by atoms with E-state index >= 15 is 0 Å². The van der Waals surface area contributed by atoms with E-state index in [2.05, 4.69) is 37.8 Å². The van der Waals surface area contributed by atoms with Crippen LogP contribution in [0.15, 0.2) is 30.6 Å². The first kappa shape index (κ1) is 21.6. The first-order valence-electron chi connectivity index (χ1n) is 11.1. The van der Waals surface area contributed by atoms with Crippen LogP contribution >= 0.6 is 0 Å². The van der Waals surface area contributed by atoms with E-state index in [1.165, 1.54) is 6.20 Å². The van der Waals surface area contributed by atoms with Gasteiger partial charge in [0.1, 0.15) is 5.69 Å². The molecule has 2 N–H and O–H groups in total. The van der Waals surface area contributed by atoms with Crippen LogP contribution in [0.1, 0.15) is 49.2 Å². The second-order valence-electron chi connectivity index (χ2n) is 8.83. The number of allylic oxidation sites excluding steroid dienone is 1. The van der Waals surface area contributed by atoms with Gasteiger partial charge < -0.3 is 10.6 Å². The molecule has 0 saturated carbocycles. The summed E-state index contributed by atoms with van der Waals surface area (Å²) in [6, 6.07) is 4.39. The molecule has 0 aromatic carbocycles. The second-order valence-corrected chi connectivity index (χ2v) is 8.83. The molecule has 1 aliphatic carbocycles. The van der Waals surface area contributed by atoms with Crippen LogP contribution in [0, 0.1) is 0 Å². The number of aryl methyl sites for hydroxylation is 1. The number of nitrogens with one attached hydrogen (secondary N) is 2. The van der Waals surface area contributed by atoms with Gasteiger partial charge >= 0.3 is 0 Å². The minimum absolute atomic E-state index is 0.156. The van der Waals surface area contributed by atoms with Crippen molar-refractivity contribution >= 4 is 11.5 Å². The number of nitrogens with zero attached hydrogens (tertiary/aromatic N) is 6. The van der Waals surface area contributed by atoms with Gasteiger partial charge in [0.15, 0.2) is 0 Å². The highest BCUT2D eigenvalue weighted by Crippen LogP contribution is 2.39. The molecule has 0 unspecified atom stereocenters. The van der Waals surface area contributed by atoms with Gasteiger partial charge in [0.2, 0.25) is 5.95 Å². The van der Waals surface area contributed by atoms with Gasteiger partial charge in [-0.2, -0.15) is 0 Å². The lowest BCUT2D eigenvalue weighted by Crippen LogP contribution is -2.43. The Kier molecular flexibility index (Phi) is 5.40. The van der Waals surface area contributed by atoms with Crippen LogP contribution in [-0.2, 0) is 19.4 Å². The molecule has 3 aromatic heterocycles. The standard InChI is InChI=1S/C23H26F2N8/c1-13-4-5-14(10-26-13)29-22-27-11-17(23(2,24)25)21(31-22)16-7-8-18-15(16)6-9-19(30-18)20-12-28-32-33(20)3/h6-7,9,11-14,26H,4-5,8,10H2,1-3H3,(H,27,29,31)/t13-,14-/m1/s1. The molecule has 0 spiro atoms. The molecule has 1 aliphatic heterocycles. The van der Waals surface area contributed by atoms with Crippen LogP contribution in [0.2, 0.25) is 0 Å². The Hall–Kier alpha value is -3.27. The summed E-state index contributed by atoms with van der Waals surface area (Å²) in [5.74, 6) is -2.72. The average Bonchev–Trinajstić information content (AvgIpc) is 3.40. The van der Waals surface area contributed by atoms with Gasteiger partial charge in [-0.3, -0.25) is 4.98 Å². The number of piperidine rings is 1. The molecule has 2 aliphatic rings. The number of anilines is 1. The first-order chi connectivity index (χ1) is 15.8. The minimum Gasteiger partial charge on any atom is -0.350 e. The van der Waals surface area contributed by atoms with Crippen molar-refractivity contribution in [2.24, 2.45) is 7.05 Å². The van der Waals surface area contributed by atoms with Crippen molar-refractivity contribution in [3.05, 3.63) is 53.1 Å². The predicted molar refractivity (Wildman–Crippen MR) is 121 cm³/mol. The van der Waals surface area contributed by atoms with E-state index in [9.17, 15) is 8.78 Å². The first-order valence-corrected chi connectivity index (χ1v) is 11.1. The Morgan fingerprint density at radius 1 is 1.18 bits per heavy atom. The largest absolute Gasteiger partial charge is 0.350 e. The van der Waals surface area contributed by atoms with Gasteiger partial charge in [-0.25, -0.2) is 23.4 Å². The third kappa shape index (κ3) is 4.22. The Balaban J connectivity index is 1.49. The van der Waals surface area contributed by atoms with Crippen molar-refractivity contribution < 1.29 is 8.78 Å². The lowest BCUT2D eigenvalue weighted by molar-refractivity contribution is 0.0165. The van der Waals surface area contributed by atoms with Gasteiger partial charge in [0, 0.05) is 56.4 Å². The highest BCUT2D eigenvalue weighted by atomic mass is 19.3. The molecule has 33 heavy (non-hydrogen) atoms. The molecule has 0 bridgehead atoms. The minimum atomic E-state index is -3.08. The molecule has 1 fully saturated rings. The molecule has 0 amide bonds. The number of halogens is 2. The third-order valence-electron chi connectivity index (χ3n) is 6.25. The van der Waals surface area contributed by atoms with Gasteiger partial charge in [-0.1, -0.05) is 17.4 Å². The van der Waals surface area contributed by atoms with Gasteiger partial charge in [0.05, 0.1) is 28.8 Å². The number of aromatic nitrogens is 6. The molecule has 3 aromatic rings. The van der Waals surface area contributed by atoms with Crippen LogP contribution in [0.25, 0.3) is 17.0 Å². The predicted octanol–water partition coefficient (Wildman–Crippen LogP) is 3.32. The Morgan fingerprint density at radius 2 is 2.03 bits per heavy atom. The smallest absolute Gasteiger partial charge is 0.274 e. The molecular weight excluding hydrogens is 426 g/mol. The van der Waals surface area contributed by atoms with Crippen LogP contribution in [0.3, 0.4) is 0 Å². The highest BCUT2D eigenvalue weighted by molar-refractivity contribution is 5.84. The Labute approximate surface area is 190 Å². The van der Waals surface area contributed by atoms with Crippen molar-refractivity contribution in [1.29, 1.82) is 0 Å². The van der Waals surface area contributed by atoms with Gasteiger partial charge in [0.25, 0.3) is 5.92 Å². The lowest BCUT2D eigenvalue weighted by atomic mass is 9.99. The number of hydrogen-bond donors (Lipinski definition) is 2. The molecule has 8 nitrogen and oxygen atoms in total. The van der Waals surface area contributed by atoms with Crippen molar-refractivity contribution in [3.8, 4) is 11.4 Å². The number of fused-ring (bicyclic) bond motifs is 1. The molecule has 172 valence electrons. The van der Waals surface area contributed by atoms with E-state index < -0.39 is 5.92 Å². The summed E-state index contributed by atoms with van der Waals surface area (Å²) in [5, 5.41) is 14.6. The SMILES string of the molecule is C[C@@H]1CC[C@@H](Nc2ncc(C(C)(F)F)c(C3=CCc4nc(-c5cnnn5C)ccc43)n2)CN1. The van der Waals surface area contributed by atoms with E-state index in [-0.39, 0.29) is 17.3 Å². The van der Waals surface area contributed by atoms with Gasteiger partial charge in [-0.05, 0) is 25.8 Å². The van der Waals surface area contributed by atoms with Crippen LogP contribution in [0.5, 0.6) is 0 Å². The topological polar surface area (TPSA) is 93.4 Å². The van der Waals surface area contributed by atoms with Crippen molar-refractivity contribution in [3.63, 3.8) is 0 Å². The van der Waals surface area contributed by atoms with Crippen LogP contribution in [-0.4, -0.2) is 48.6 Å². The van der Waals surface area contributed by atoms with E-state index in [0.717, 1.165) is 49.0 Å². The fourth-order valence-electron chi connectivity index (χ4n) is 4.38. The summed E-state index contributed by atoms with van der Waals surface area (Å²) in [6.07, 6.45) is 7.35. The summed E-state index contributed by atoms with van der Waals surface area (Å²) in [5.41, 5.74) is 3.85. The second kappa shape index (κ2) is 8.26. The molecule has 5 rings (SSSR count). The molecule has 4 heterocycles. The van der Waals surface area contributed by atoms with E-state index in [0.29, 0.717) is 24.0 Å². The maximum Gasteiger partial charge on any atom is 0.274 e. The van der Waals surface area contributed by atoms with E-state index in [1.807, 2.05) is 18.2 Å². The Morgan fingerprint density at radius 3 is 2.73 bits per heavy atom. The van der Waals surface area contributed by atoms with Crippen molar-refractivity contribution in [2.45, 2.75) is 51.1 Å². The fourth-order valence-corrected chi connectivity index (χ4v) is 4.38. The van der Waals surface area contributed by atoms with Crippen molar-refractivity contribution in [1.82, 2.24) is 35.3 Å². The average molecular weight is 453 g/mol. The number of rotatable bonds is 5. The quantitative estimate of drug-likeness (QED) is 0.613. The zero-order valence-corrected chi connectivity index (χ0v) is 18.8. The monoisotopic (exact) mass is 452 g/mol. The molecule has 10 heteroatoms. The normalized spacial score (nSPS) is 20.5. The summed E-state index contributed by atoms with van der Waals surface area (Å²) in [6.45, 7) is 3.81. The maximum atomic E-state index is 14.5. The van der Waals surface area contributed by atoms with Crippen LogP contribution in [0.4, 0.5) is 14.7 Å². The molecule has 2 atom stereocenters. The molecule has 0 radical (unpaired) electrons. The zero-order chi connectivity index (χ0) is 23.2. The van der Waals surface area contributed by atoms with Crippen LogP contribution < -0.4 is 10.6 Å². The highest BCUT2D eigenvalue weighted by Gasteiger charge is 2.33. The zero-order valence-electron chi connectivity index (χ0n) is 18.8. The molecule has 1 saturated heterocycles. The lowest BCUT2D eigenvalue weighted by Gasteiger charge is -2.28. The molecular formula is C23H26F2N8.